The summed E-state index contributed by atoms with van der Waals surface area (Å²) >= 11 is 0. The first-order chi connectivity index (χ1) is 6.88. The predicted molar refractivity (Wildman–Crippen MR) is 36.2 cm³/mol. The highest BCUT2D eigenvalue weighted by Gasteiger charge is 2.04. The molecule has 15 heavy (non-hydrogen) atoms. The fraction of sp³-hybridized carbons (Fsp3) is 0. The molecule has 2 heterocycles. The number of fused-ring (bicyclic) bond motifs is 1. The second-order valence-corrected chi connectivity index (χ2v) is 3.17. The van der Waals surface area contributed by atoms with Crippen LogP contribution in [0, 0.1) is 10.2 Å². The number of aromatic amines is 1. The maximum atomic E-state index is 8.49. The molecule has 0 spiro atoms. The highest BCUT2D eigenvalue weighted by atomic mass is 35.7. The number of hydrogen-bond acceptors (Lipinski definition) is 6. The smallest absolute Gasteiger partial charge is 0.305 e. The van der Waals surface area contributed by atoms with E-state index < -0.39 is 10.2 Å². The van der Waals surface area contributed by atoms with Gasteiger partial charge in [0.15, 0.2) is 0 Å². The molecule has 0 saturated carbocycles. The maximum absolute atomic E-state index is 8.49. The fourth-order valence-electron chi connectivity index (χ4n) is 0.902. The lowest BCUT2D eigenvalue weighted by molar-refractivity contribution is -2.00. The summed E-state index contributed by atoms with van der Waals surface area (Å²) in [5.74, 6) is 0.482. The monoisotopic (exact) mass is 234 g/mol. The van der Waals surface area contributed by atoms with Gasteiger partial charge in [0, 0.05) is 11.2 Å². The summed E-state index contributed by atoms with van der Waals surface area (Å²) < 4.78 is 35.8. The summed E-state index contributed by atoms with van der Waals surface area (Å²) in [5, 5.41) is 6.59. The molecule has 3 N–H and O–H groups in total. The molecule has 0 amide bonds. The Bertz CT molecular complexity index is 434. The number of H-pyrrole nitrogens is 1. The van der Waals surface area contributed by atoms with E-state index in [0.717, 1.165) is 5.65 Å². The molecule has 0 unspecified atom stereocenters. The van der Waals surface area contributed by atoms with E-state index >= 15 is 0 Å². The molecule has 82 valence electrons. The van der Waals surface area contributed by atoms with E-state index in [1.165, 1.54) is 0 Å². The molecular formula is C6H7ClN4O4. The molecule has 0 saturated heterocycles. The van der Waals surface area contributed by atoms with Crippen LogP contribution in [0.1, 0.15) is 0 Å². The van der Waals surface area contributed by atoms with E-state index in [0.29, 0.717) is 5.95 Å². The van der Waals surface area contributed by atoms with Gasteiger partial charge in [0.05, 0.1) is 6.20 Å². The lowest BCUT2D eigenvalue weighted by atomic mass is 10.5. The van der Waals surface area contributed by atoms with Crippen LogP contribution in [0.4, 0.5) is 5.95 Å². The molecule has 0 aliphatic rings. The van der Waals surface area contributed by atoms with Crippen molar-refractivity contribution < 1.29 is 33.3 Å². The number of anilines is 1. The minimum absolute atomic E-state index is 0.482. The molecule has 8 nitrogen and oxygen atoms in total. The van der Waals surface area contributed by atoms with Gasteiger partial charge in [0.1, 0.15) is 0 Å². The molecule has 2 aromatic rings. The summed E-state index contributed by atoms with van der Waals surface area (Å²) in [6.07, 6.45) is 1.86. The van der Waals surface area contributed by atoms with Gasteiger partial charge in [0.2, 0.25) is 5.65 Å². The van der Waals surface area contributed by atoms with Gasteiger partial charge in [-0.2, -0.15) is 9.50 Å². The summed E-state index contributed by atoms with van der Waals surface area (Å²) in [5.41, 5.74) is 6.40. The Balaban J connectivity index is 0.000000195. The van der Waals surface area contributed by atoms with Crippen molar-refractivity contribution in [3.8, 4) is 0 Å². The van der Waals surface area contributed by atoms with Crippen molar-refractivity contribution in [2.75, 3.05) is 5.73 Å². The van der Waals surface area contributed by atoms with Crippen LogP contribution in [0.15, 0.2) is 24.4 Å². The zero-order valence-electron chi connectivity index (χ0n) is 7.29. The average molecular weight is 235 g/mol. The number of nitrogens with two attached hydrogens (primary N) is 1. The molecule has 0 aliphatic carbocycles. The van der Waals surface area contributed by atoms with Crippen molar-refractivity contribution in [3.63, 3.8) is 0 Å². The fourth-order valence-corrected chi connectivity index (χ4v) is 0.902. The molecule has 9 heteroatoms. The summed E-state index contributed by atoms with van der Waals surface area (Å²) in [6, 6.07) is 5.73. The number of aromatic nitrogens is 3. The molecule has 0 fully saturated rings. The van der Waals surface area contributed by atoms with Crippen molar-refractivity contribution in [1.29, 1.82) is 0 Å². The van der Waals surface area contributed by atoms with Gasteiger partial charge < -0.3 is 5.73 Å². The highest BCUT2D eigenvalue weighted by molar-refractivity contribution is 5.29. The Morgan fingerprint density at radius 2 is 1.87 bits per heavy atom. The second kappa shape index (κ2) is 4.38. The second-order valence-electron chi connectivity index (χ2n) is 2.42. The third-order valence-corrected chi connectivity index (χ3v) is 1.39. The van der Waals surface area contributed by atoms with Crippen LogP contribution >= 0.6 is 0 Å². The summed E-state index contributed by atoms with van der Waals surface area (Å²) in [4.78, 5) is 0. The normalized spacial score (nSPS) is 10.9. The molecule has 2 aromatic heterocycles. The van der Waals surface area contributed by atoms with Crippen LogP contribution in [0.3, 0.4) is 0 Å². The van der Waals surface area contributed by atoms with E-state index in [2.05, 4.69) is 10.2 Å². The van der Waals surface area contributed by atoms with Crippen molar-refractivity contribution >= 4 is 11.6 Å². The lowest BCUT2D eigenvalue weighted by Gasteiger charge is -2.17. The van der Waals surface area contributed by atoms with Crippen LogP contribution in [0.2, 0.25) is 0 Å². The van der Waals surface area contributed by atoms with E-state index in [-0.39, 0.29) is 0 Å². The van der Waals surface area contributed by atoms with Crippen LogP contribution in [-0.2, 0) is 0 Å². The van der Waals surface area contributed by atoms with Gasteiger partial charge >= 0.3 is 5.95 Å². The van der Waals surface area contributed by atoms with Gasteiger partial charge in [-0.25, -0.2) is 18.6 Å². The van der Waals surface area contributed by atoms with E-state index in [9.17, 15) is 0 Å². The number of hydrogen-bond donors (Lipinski definition) is 2. The first-order valence-corrected chi connectivity index (χ1v) is 4.83. The number of nitrogen functional groups attached to an aromatic ring is 1. The number of nitrogens with zero attached hydrogens (tertiary/aromatic N) is 2. The van der Waals surface area contributed by atoms with Crippen molar-refractivity contribution in [1.82, 2.24) is 10.2 Å². The lowest BCUT2D eigenvalue weighted by Crippen LogP contribution is -2.68. The third-order valence-electron chi connectivity index (χ3n) is 1.39. The number of rotatable bonds is 0. The van der Waals surface area contributed by atoms with Crippen LogP contribution in [0.25, 0.3) is 5.65 Å². The minimum atomic E-state index is -4.94. The summed E-state index contributed by atoms with van der Waals surface area (Å²) in [7, 11) is -4.94. The van der Waals surface area contributed by atoms with E-state index in [4.69, 9.17) is 24.4 Å². The van der Waals surface area contributed by atoms with Gasteiger partial charge in [-0.15, -0.1) is 10.2 Å². The van der Waals surface area contributed by atoms with Gasteiger partial charge in [-0.05, 0) is 6.07 Å². The Morgan fingerprint density at radius 1 is 1.27 bits per heavy atom. The van der Waals surface area contributed by atoms with Crippen molar-refractivity contribution in [2.45, 2.75) is 0 Å². The zero-order chi connectivity index (χ0) is 11.5. The average Bonchev–Trinajstić information content (AvgIpc) is 2.46. The molecular weight excluding hydrogens is 228 g/mol. The minimum Gasteiger partial charge on any atom is -0.305 e. The van der Waals surface area contributed by atoms with E-state index in [1.807, 2.05) is 24.4 Å². The Morgan fingerprint density at radius 3 is 2.40 bits per heavy atom. The standard InChI is InChI=1S/C6H6N4.ClHO4/c7-6-9-8-5-3-1-2-4-10(5)6;2-1(3,4)5/h1-4H,(H2,7,9);(H,2,3,4,5). The van der Waals surface area contributed by atoms with Gasteiger partial charge in [-0.1, -0.05) is 6.07 Å². The van der Waals surface area contributed by atoms with Crippen LogP contribution in [0.5, 0.6) is 0 Å². The zero-order valence-corrected chi connectivity index (χ0v) is 8.05. The van der Waals surface area contributed by atoms with Crippen LogP contribution in [-0.4, -0.2) is 10.2 Å². The van der Waals surface area contributed by atoms with Crippen molar-refractivity contribution in [3.05, 3.63) is 24.4 Å². The largest absolute Gasteiger partial charge is 0.379 e. The predicted octanol–water partition coefficient (Wildman–Crippen LogP) is -5.03. The highest BCUT2D eigenvalue weighted by Crippen LogP contribution is 1.91. The molecule has 2 rings (SSSR count). The first-order valence-electron chi connectivity index (χ1n) is 3.60. The topological polar surface area (TPSA) is 151 Å². The Kier molecular flexibility index (Phi) is 3.39. The molecule has 0 bridgehead atoms. The van der Waals surface area contributed by atoms with Crippen molar-refractivity contribution in [2.24, 2.45) is 0 Å². The Hall–Kier alpha value is -1.45. The molecule has 0 aromatic carbocycles. The molecule has 0 atom stereocenters. The Labute approximate surface area is 85.9 Å². The maximum Gasteiger partial charge on any atom is 0.379 e. The SMILES string of the molecule is Nc1n[nH]c2cccc[n+]12.[O-][Cl+3]([O-])([O-])[O-]. The number of pyridine rings is 1. The van der Waals surface area contributed by atoms with Crippen LogP contribution < -0.4 is 28.8 Å². The quantitative estimate of drug-likeness (QED) is 0.435. The summed E-state index contributed by atoms with van der Waals surface area (Å²) in [6.45, 7) is 0. The molecule has 0 radical (unpaired) electrons. The third kappa shape index (κ3) is 4.06. The van der Waals surface area contributed by atoms with Gasteiger partial charge in [0.25, 0.3) is 0 Å². The van der Waals surface area contributed by atoms with Gasteiger partial charge in [-0.3, -0.25) is 0 Å². The molecule has 0 aliphatic heterocycles. The number of nitrogens with one attached hydrogen (secondary N) is 1. The first kappa shape index (κ1) is 11.6. The van der Waals surface area contributed by atoms with E-state index in [1.54, 1.807) is 4.40 Å². The number of halogens is 1.